The first-order valence-electron chi connectivity index (χ1n) is 9.59. The third kappa shape index (κ3) is 3.50. The molecular formula is C22H25N3O3. The molecule has 0 spiro atoms. The minimum absolute atomic E-state index is 0.193. The molecule has 0 bridgehead atoms. The fourth-order valence-electron chi connectivity index (χ4n) is 3.53. The molecule has 146 valence electrons. The summed E-state index contributed by atoms with van der Waals surface area (Å²) in [6, 6.07) is 15.7. The zero-order valence-corrected chi connectivity index (χ0v) is 16.4. The predicted octanol–water partition coefficient (Wildman–Crippen LogP) is 3.01. The molecule has 0 saturated heterocycles. The number of aromatic nitrogens is 2. The predicted molar refractivity (Wildman–Crippen MR) is 110 cm³/mol. The zero-order valence-electron chi connectivity index (χ0n) is 16.4. The standard InChI is InChI=1S/C22H25N3O3/c1-4-18(20(26)23-15(3)16-11-7-6-8-12-16)25-19-14-10-9-13-17(19)21(27)24(5-2)22(25)28/h6-15,18H,4-5H2,1-3H3,(H,23,26). The summed E-state index contributed by atoms with van der Waals surface area (Å²) in [4.78, 5) is 38.7. The van der Waals surface area contributed by atoms with Gasteiger partial charge in [-0.05, 0) is 38.0 Å². The van der Waals surface area contributed by atoms with Gasteiger partial charge >= 0.3 is 5.69 Å². The Bertz CT molecular complexity index is 1100. The molecule has 0 aliphatic rings. The quantitative estimate of drug-likeness (QED) is 0.715. The van der Waals surface area contributed by atoms with E-state index in [2.05, 4.69) is 5.32 Å². The van der Waals surface area contributed by atoms with Gasteiger partial charge in [-0.25, -0.2) is 4.79 Å². The summed E-state index contributed by atoms with van der Waals surface area (Å²) in [6.45, 7) is 5.77. The van der Waals surface area contributed by atoms with Crippen LogP contribution >= 0.6 is 0 Å². The molecular weight excluding hydrogens is 354 g/mol. The highest BCUT2D eigenvalue weighted by atomic mass is 16.2. The molecule has 6 heteroatoms. The summed E-state index contributed by atoms with van der Waals surface area (Å²) >= 11 is 0. The van der Waals surface area contributed by atoms with Gasteiger partial charge in [0.2, 0.25) is 5.91 Å². The van der Waals surface area contributed by atoms with Crippen LogP contribution in [0.4, 0.5) is 0 Å². The lowest BCUT2D eigenvalue weighted by atomic mass is 10.1. The van der Waals surface area contributed by atoms with E-state index in [0.717, 1.165) is 5.56 Å². The average Bonchev–Trinajstić information content (AvgIpc) is 2.72. The molecule has 1 heterocycles. The fourth-order valence-corrected chi connectivity index (χ4v) is 3.53. The van der Waals surface area contributed by atoms with E-state index < -0.39 is 11.7 Å². The van der Waals surface area contributed by atoms with Crippen molar-refractivity contribution in [3.8, 4) is 0 Å². The molecule has 0 aliphatic heterocycles. The van der Waals surface area contributed by atoms with Crippen LogP contribution in [0.25, 0.3) is 10.9 Å². The molecule has 0 fully saturated rings. The second-order valence-corrected chi connectivity index (χ2v) is 6.78. The minimum atomic E-state index is -0.707. The maximum Gasteiger partial charge on any atom is 0.332 e. The Labute approximate surface area is 163 Å². The summed E-state index contributed by atoms with van der Waals surface area (Å²) in [6.07, 6.45) is 0.430. The van der Waals surface area contributed by atoms with Gasteiger partial charge in [0.15, 0.2) is 0 Å². The fraction of sp³-hybridized carbons (Fsp3) is 0.318. The van der Waals surface area contributed by atoms with Crippen LogP contribution in [-0.4, -0.2) is 15.0 Å². The van der Waals surface area contributed by atoms with Crippen LogP contribution in [0.3, 0.4) is 0 Å². The van der Waals surface area contributed by atoms with E-state index in [1.54, 1.807) is 31.2 Å². The molecule has 3 aromatic rings. The van der Waals surface area contributed by atoms with Crippen molar-refractivity contribution >= 4 is 16.8 Å². The highest BCUT2D eigenvalue weighted by Gasteiger charge is 2.25. The molecule has 2 unspecified atom stereocenters. The van der Waals surface area contributed by atoms with Crippen molar-refractivity contribution in [2.75, 3.05) is 0 Å². The Morgan fingerprint density at radius 2 is 1.64 bits per heavy atom. The summed E-state index contributed by atoms with van der Waals surface area (Å²) in [7, 11) is 0. The van der Waals surface area contributed by atoms with Crippen LogP contribution in [0.1, 0.15) is 44.8 Å². The summed E-state index contributed by atoms with van der Waals surface area (Å²) in [5.41, 5.74) is 0.686. The van der Waals surface area contributed by atoms with Crippen molar-refractivity contribution in [2.45, 2.75) is 45.8 Å². The van der Waals surface area contributed by atoms with E-state index in [0.29, 0.717) is 17.3 Å². The highest BCUT2D eigenvalue weighted by Crippen LogP contribution is 2.19. The van der Waals surface area contributed by atoms with Crippen LogP contribution < -0.4 is 16.6 Å². The van der Waals surface area contributed by atoms with Crippen LogP contribution in [0.2, 0.25) is 0 Å². The SMILES string of the molecule is CCC(C(=O)NC(C)c1ccccc1)n1c(=O)n(CC)c(=O)c2ccccc21. The second kappa shape index (κ2) is 8.25. The molecule has 3 rings (SSSR count). The first-order chi connectivity index (χ1) is 13.5. The number of carbonyl (C=O) groups is 1. The Balaban J connectivity index is 2.07. The molecule has 1 amide bonds. The van der Waals surface area contributed by atoms with Crippen molar-refractivity contribution < 1.29 is 4.79 Å². The van der Waals surface area contributed by atoms with Crippen LogP contribution in [-0.2, 0) is 11.3 Å². The zero-order chi connectivity index (χ0) is 20.3. The second-order valence-electron chi connectivity index (χ2n) is 6.78. The lowest BCUT2D eigenvalue weighted by Gasteiger charge is -2.23. The van der Waals surface area contributed by atoms with Crippen LogP contribution in [0.5, 0.6) is 0 Å². The molecule has 0 aliphatic carbocycles. The number of hydrogen-bond acceptors (Lipinski definition) is 3. The Hall–Kier alpha value is -3.15. The van der Waals surface area contributed by atoms with E-state index in [1.165, 1.54) is 9.13 Å². The van der Waals surface area contributed by atoms with Crippen molar-refractivity contribution in [3.63, 3.8) is 0 Å². The minimum Gasteiger partial charge on any atom is -0.348 e. The van der Waals surface area contributed by atoms with E-state index in [9.17, 15) is 14.4 Å². The number of carbonyl (C=O) groups excluding carboxylic acids is 1. The maximum absolute atomic E-state index is 13.1. The molecule has 2 aromatic carbocycles. The lowest BCUT2D eigenvalue weighted by Crippen LogP contribution is -2.45. The first-order valence-corrected chi connectivity index (χ1v) is 9.59. The first kappa shape index (κ1) is 19.6. The molecule has 6 nitrogen and oxygen atoms in total. The van der Waals surface area contributed by atoms with Gasteiger partial charge in [0.1, 0.15) is 6.04 Å². The average molecular weight is 379 g/mol. The largest absolute Gasteiger partial charge is 0.348 e. The van der Waals surface area contributed by atoms with Crippen molar-refractivity contribution in [2.24, 2.45) is 0 Å². The van der Waals surface area contributed by atoms with Crippen LogP contribution in [0.15, 0.2) is 64.2 Å². The Kier molecular flexibility index (Phi) is 5.78. The third-order valence-electron chi connectivity index (χ3n) is 5.05. The number of hydrogen-bond donors (Lipinski definition) is 1. The summed E-state index contributed by atoms with van der Waals surface area (Å²) in [5, 5.41) is 3.44. The van der Waals surface area contributed by atoms with Crippen molar-refractivity contribution in [3.05, 3.63) is 81.0 Å². The van der Waals surface area contributed by atoms with E-state index in [1.807, 2.05) is 44.2 Å². The van der Waals surface area contributed by atoms with Gasteiger partial charge in [0.25, 0.3) is 5.56 Å². The van der Waals surface area contributed by atoms with Gasteiger partial charge in [-0.2, -0.15) is 0 Å². The number of nitrogens with zero attached hydrogens (tertiary/aromatic N) is 2. The lowest BCUT2D eigenvalue weighted by molar-refractivity contribution is -0.125. The van der Waals surface area contributed by atoms with Gasteiger partial charge in [0, 0.05) is 6.54 Å². The monoisotopic (exact) mass is 379 g/mol. The third-order valence-corrected chi connectivity index (χ3v) is 5.05. The smallest absolute Gasteiger partial charge is 0.332 e. The number of para-hydroxylation sites is 1. The molecule has 1 aromatic heterocycles. The Morgan fingerprint density at radius 1 is 1.00 bits per heavy atom. The number of amides is 1. The Morgan fingerprint density at radius 3 is 2.29 bits per heavy atom. The molecule has 2 atom stereocenters. The number of nitrogens with one attached hydrogen (secondary N) is 1. The van der Waals surface area contributed by atoms with Crippen molar-refractivity contribution in [1.29, 1.82) is 0 Å². The van der Waals surface area contributed by atoms with Crippen LogP contribution in [0, 0.1) is 0 Å². The van der Waals surface area contributed by atoms with Crippen molar-refractivity contribution in [1.82, 2.24) is 14.5 Å². The van der Waals surface area contributed by atoms with E-state index in [4.69, 9.17) is 0 Å². The topological polar surface area (TPSA) is 73.1 Å². The molecule has 0 saturated carbocycles. The van der Waals surface area contributed by atoms with Gasteiger partial charge in [-0.15, -0.1) is 0 Å². The highest BCUT2D eigenvalue weighted by molar-refractivity contribution is 5.84. The molecule has 28 heavy (non-hydrogen) atoms. The van der Waals surface area contributed by atoms with Gasteiger partial charge in [-0.1, -0.05) is 49.4 Å². The molecule has 0 radical (unpaired) electrons. The van der Waals surface area contributed by atoms with Gasteiger partial charge in [0.05, 0.1) is 16.9 Å². The maximum atomic E-state index is 13.1. The summed E-state index contributed by atoms with van der Waals surface area (Å²) < 4.78 is 2.63. The number of fused-ring (bicyclic) bond motifs is 1. The number of rotatable bonds is 6. The van der Waals surface area contributed by atoms with Gasteiger partial charge in [-0.3, -0.25) is 18.7 Å². The molecule has 1 N–H and O–H groups in total. The summed E-state index contributed by atoms with van der Waals surface area (Å²) in [5.74, 6) is -0.243. The number of benzene rings is 2. The van der Waals surface area contributed by atoms with E-state index in [-0.39, 0.29) is 24.1 Å². The van der Waals surface area contributed by atoms with E-state index >= 15 is 0 Å². The normalized spacial score (nSPS) is 13.2. The van der Waals surface area contributed by atoms with Gasteiger partial charge < -0.3 is 5.32 Å².